The summed E-state index contributed by atoms with van der Waals surface area (Å²) in [5, 5.41) is 10.7. The Labute approximate surface area is 133 Å². The molecule has 1 N–H and O–H groups in total. The van der Waals surface area contributed by atoms with Gasteiger partial charge in [-0.15, -0.1) is 0 Å². The molecule has 0 heterocycles. The first-order chi connectivity index (χ1) is 9.56. The molecule has 0 aliphatic rings. The van der Waals surface area contributed by atoms with Crippen molar-refractivity contribution in [2.45, 2.75) is 32.8 Å². The summed E-state index contributed by atoms with van der Waals surface area (Å²) in [4.78, 5) is 0. The van der Waals surface area contributed by atoms with Crippen LogP contribution in [-0.2, 0) is 12.8 Å². The highest BCUT2D eigenvalue weighted by molar-refractivity contribution is 14.1. The Balaban J connectivity index is 2.48. The quantitative estimate of drug-likeness (QED) is 0.762. The smallest absolute Gasteiger partial charge is 0.124 e. The normalized spacial score (nSPS) is 12.4. The van der Waals surface area contributed by atoms with Gasteiger partial charge in [0.2, 0.25) is 0 Å². The summed E-state index contributed by atoms with van der Waals surface area (Å²) < 4.78 is 13.9. The van der Waals surface area contributed by atoms with Gasteiger partial charge >= 0.3 is 0 Å². The van der Waals surface area contributed by atoms with Crippen LogP contribution in [0.2, 0.25) is 0 Å². The molecule has 20 heavy (non-hydrogen) atoms. The van der Waals surface area contributed by atoms with Crippen LogP contribution < -0.4 is 0 Å². The first-order valence-corrected chi connectivity index (χ1v) is 7.89. The van der Waals surface area contributed by atoms with E-state index in [4.69, 9.17) is 0 Å². The number of rotatable bonds is 4. The summed E-state index contributed by atoms with van der Waals surface area (Å²) in [5.74, 6) is -0.275. The number of hydrogen-bond donors (Lipinski definition) is 1. The molecule has 0 bridgehead atoms. The molecule has 2 aromatic carbocycles. The van der Waals surface area contributed by atoms with Gasteiger partial charge in [0.25, 0.3) is 0 Å². The topological polar surface area (TPSA) is 20.2 Å². The lowest BCUT2D eigenvalue weighted by molar-refractivity contribution is 0.218. The zero-order valence-corrected chi connectivity index (χ0v) is 13.8. The van der Waals surface area contributed by atoms with E-state index < -0.39 is 6.10 Å². The Kier molecular flexibility index (Phi) is 5.16. The zero-order chi connectivity index (χ0) is 14.7. The molecule has 0 amide bonds. The standard InChI is InChI=1S/C17H18FIO/c1-3-11-5-6-12(4-2)15(9-11)17(20)14-8-7-13(18)10-16(14)19/h5-10,17,20H,3-4H2,1-2H3. The first-order valence-electron chi connectivity index (χ1n) is 6.81. The van der Waals surface area contributed by atoms with Crippen LogP contribution in [0.4, 0.5) is 4.39 Å². The van der Waals surface area contributed by atoms with Crippen molar-refractivity contribution < 1.29 is 9.50 Å². The van der Waals surface area contributed by atoms with Gasteiger partial charge in [-0.05, 0) is 69.8 Å². The Bertz CT molecular complexity index is 610. The Morgan fingerprint density at radius 2 is 1.80 bits per heavy atom. The summed E-state index contributed by atoms with van der Waals surface area (Å²) in [5.41, 5.74) is 4.02. The molecule has 0 aliphatic heterocycles. The van der Waals surface area contributed by atoms with E-state index in [-0.39, 0.29) is 5.82 Å². The van der Waals surface area contributed by atoms with Crippen LogP contribution in [0.5, 0.6) is 0 Å². The van der Waals surface area contributed by atoms with Crippen molar-refractivity contribution in [1.82, 2.24) is 0 Å². The largest absolute Gasteiger partial charge is 0.384 e. The lowest BCUT2D eigenvalue weighted by Gasteiger charge is -2.18. The highest BCUT2D eigenvalue weighted by Crippen LogP contribution is 2.30. The molecule has 0 spiro atoms. The molecule has 2 aromatic rings. The van der Waals surface area contributed by atoms with Crippen molar-refractivity contribution >= 4 is 22.6 Å². The number of benzene rings is 2. The molecule has 0 radical (unpaired) electrons. The molecule has 0 saturated carbocycles. The Morgan fingerprint density at radius 3 is 2.40 bits per heavy atom. The van der Waals surface area contributed by atoms with Crippen molar-refractivity contribution in [2.75, 3.05) is 0 Å². The second-order valence-corrected chi connectivity index (χ2v) is 5.97. The maximum atomic E-state index is 13.2. The molecular weight excluding hydrogens is 366 g/mol. The number of hydrogen-bond acceptors (Lipinski definition) is 1. The second kappa shape index (κ2) is 6.68. The van der Waals surface area contributed by atoms with Gasteiger partial charge in [-0.1, -0.05) is 38.1 Å². The van der Waals surface area contributed by atoms with E-state index in [1.807, 2.05) is 0 Å². The van der Waals surface area contributed by atoms with Gasteiger partial charge in [-0.3, -0.25) is 0 Å². The van der Waals surface area contributed by atoms with E-state index in [0.29, 0.717) is 0 Å². The van der Waals surface area contributed by atoms with Crippen LogP contribution in [0.15, 0.2) is 36.4 Å². The summed E-state index contributed by atoms with van der Waals surface area (Å²) in [6.45, 7) is 4.17. The molecule has 0 aromatic heterocycles. The minimum atomic E-state index is -0.705. The summed E-state index contributed by atoms with van der Waals surface area (Å²) in [7, 11) is 0. The average Bonchev–Trinajstić information content (AvgIpc) is 2.46. The molecule has 0 saturated heterocycles. The van der Waals surface area contributed by atoms with Crippen LogP contribution in [0.25, 0.3) is 0 Å². The third-order valence-corrected chi connectivity index (χ3v) is 4.49. The lowest BCUT2D eigenvalue weighted by Crippen LogP contribution is -2.06. The van der Waals surface area contributed by atoms with Gasteiger partial charge < -0.3 is 5.11 Å². The molecule has 1 unspecified atom stereocenters. The highest BCUT2D eigenvalue weighted by atomic mass is 127. The van der Waals surface area contributed by atoms with Gasteiger partial charge in [0, 0.05) is 3.57 Å². The van der Waals surface area contributed by atoms with E-state index in [1.165, 1.54) is 17.7 Å². The predicted octanol–water partition coefficient (Wildman–Crippen LogP) is 4.64. The predicted molar refractivity (Wildman–Crippen MR) is 88.4 cm³/mol. The number of aliphatic hydroxyl groups excluding tert-OH is 1. The van der Waals surface area contributed by atoms with Gasteiger partial charge in [-0.2, -0.15) is 0 Å². The minimum Gasteiger partial charge on any atom is -0.384 e. The fraction of sp³-hybridized carbons (Fsp3) is 0.294. The van der Waals surface area contributed by atoms with E-state index >= 15 is 0 Å². The first kappa shape index (κ1) is 15.4. The maximum absolute atomic E-state index is 13.2. The van der Waals surface area contributed by atoms with Crippen molar-refractivity contribution in [3.8, 4) is 0 Å². The summed E-state index contributed by atoms with van der Waals surface area (Å²) >= 11 is 2.07. The number of aryl methyl sites for hydroxylation is 2. The molecule has 2 rings (SSSR count). The zero-order valence-electron chi connectivity index (χ0n) is 11.7. The fourth-order valence-electron chi connectivity index (χ4n) is 2.33. The molecule has 0 fully saturated rings. The monoisotopic (exact) mass is 384 g/mol. The summed E-state index contributed by atoms with van der Waals surface area (Å²) in [6.07, 6.45) is 1.10. The van der Waals surface area contributed by atoms with E-state index in [9.17, 15) is 9.50 Å². The van der Waals surface area contributed by atoms with E-state index in [2.05, 4.69) is 54.6 Å². The van der Waals surface area contributed by atoms with Crippen molar-refractivity contribution in [3.63, 3.8) is 0 Å². The Morgan fingerprint density at radius 1 is 1.05 bits per heavy atom. The average molecular weight is 384 g/mol. The maximum Gasteiger partial charge on any atom is 0.124 e. The van der Waals surface area contributed by atoms with Crippen LogP contribution >= 0.6 is 22.6 Å². The third-order valence-electron chi connectivity index (χ3n) is 3.55. The lowest BCUT2D eigenvalue weighted by atomic mass is 9.93. The van der Waals surface area contributed by atoms with Crippen LogP contribution in [0.3, 0.4) is 0 Å². The molecule has 3 heteroatoms. The second-order valence-electron chi connectivity index (χ2n) is 4.81. The molecule has 106 valence electrons. The highest BCUT2D eigenvalue weighted by Gasteiger charge is 2.17. The molecular formula is C17H18FIO. The molecule has 1 nitrogen and oxygen atoms in total. The molecule has 1 atom stereocenters. The minimum absolute atomic E-state index is 0.275. The number of halogens is 2. The van der Waals surface area contributed by atoms with E-state index in [1.54, 1.807) is 6.07 Å². The fourth-order valence-corrected chi connectivity index (χ4v) is 3.10. The van der Waals surface area contributed by atoms with Crippen LogP contribution in [0.1, 0.15) is 42.2 Å². The molecule has 0 aliphatic carbocycles. The van der Waals surface area contributed by atoms with Crippen molar-refractivity contribution in [1.29, 1.82) is 0 Å². The van der Waals surface area contributed by atoms with Crippen LogP contribution in [0, 0.1) is 9.39 Å². The third kappa shape index (κ3) is 3.20. The van der Waals surface area contributed by atoms with Gasteiger partial charge in [0.05, 0.1) is 0 Å². The van der Waals surface area contributed by atoms with E-state index in [0.717, 1.165) is 33.1 Å². The van der Waals surface area contributed by atoms with Gasteiger partial charge in [0.1, 0.15) is 11.9 Å². The Hall–Kier alpha value is -0.940. The van der Waals surface area contributed by atoms with Crippen molar-refractivity contribution in [3.05, 3.63) is 68.0 Å². The number of aliphatic hydroxyl groups is 1. The van der Waals surface area contributed by atoms with Gasteiger partial charge in [-0.25, -0.2) is 4.39 Å². The summed E-state index contributed by atoms with van der Waals surface area (Å²) in [6, 6.07) is 10.8. The van der Waals surface area contributed by atoms with Crippen LogP contribution in [-0.4, -0.2) is 5.11 Å². The van der Waals surface area contributed by atoms with Crippen molar-refractivity contribution in [2.24, 2.45) is 0 Å². The SMILES string of the molecule is CCc1ccc(CC)c(C(O)c2ccc(F)cc2I)c1. The van der Waals surface area contributed by atoms with Gasteiger partial charge in [0.15, 0.2) is 0 Å².